The van der Waals surface area contributed by atoms with Crippen LogP contribution >= 0.6 is 0 Å². The Morgan fingerprint density at radius 1 is 1.25 bits per heavy atom. The first kappa shape index (κ1) is 10.0. The third kappa shape index (κ3) is 3.14. The van der Waals surface area contributed by atoms with Gasteiger partial charge in [0, 0.05) is 13.2 Å². The molecule has 1 aliphatic heterocycles. The zero-order valence-corrected chi connectivity index (χ0v) is 8.73. The van der Waals surface area contributed by atoms with Crippen molar-refractivity contribution >= 4 is 0 Å². The van der Waals surface area contributed by atoms with Gasteiger partial charge in [-0.15, -0.1) is 0 Å². The lowest BCUT2D eigenvalue weighted by Crippen LogP contribution is -2.22. The van der Waals surface area contributed by atoms with Crippen molar-refractivity contribution in [1.29, 1.82) is 0 Å². The lowest BCUT2D eigenvalue weighted by Gasteiger charge is -2.30. The monoisotopic (exact) mass is 170 g/mol. The minimum atomic E-state index is 0.544. The first-order valence-corrected chi connectivity index (χ1v) is 5.22. The molecule has 1 nitrogen and oxygen atoms in total. The summed E-state index contributed by atoms with van der Waals surface area (Å²) in [6.07, 6.45) is 5.24. The molecule has 1 heteroatoms. The zero-order valence-electron chi connectivity index (χ0n) is 8.73. The number of rotatable bonds is 3. The first-order valence-electron chi connectivity index (χ1n) is 5.22. The molecule has 0 aromatic rings. The van der Waals surface area contributed by atoms with E-state index in [0.29, 0.717) is 5.41 Å². The van der Waals surface area contributed by atoms with Crippen molar-refractivity contribution in [2.75, 3.05) is 13.2 Å². The molecule has 0 saturated carbocycles. The van der Waals surface area contributed by atoms with E-state index in [9.17, 15) is 0 Å². The first-order chi connectivity index (χ1) is 5.64. The smallest absolute Gasteiger partial charge is 0.0468 e. The van der Waals surface area contributed by atoms with E-state index in [4.69, 9.17) is 4.74 Å². The SMILES string of the molecule is CCC(C)(C)CC1CCOCC1. The molecule has 72 valence electrons. The predicted octanol–water partition coefficient (Wildman–Crippen LogP) is 3.24. The summed E-state index contributed by atoms with van der Waals surface area (Å²) in [4.78, 5) is 0. The Labute approximate surface area is 76.5 Å². The Bertz CT molecular complexity index is 123. The molecule has 0 atom stereocenters. The van der Waals surface area contributed by atoms with Crippen molar-refractivity contribution in [3.8, 4) is 0 Å². The summed E-state index contributed by atoms with van der Waals surface area (Å²) in [5, 5.41) is 0. The van der Waals surface area contributed by atoms with Crippen molar-refractivity contribution in [3.05, 3.63) is 0 Å². The van der Waals surface area contributed by atoms with Crippen molar-refractivity contribution in [2.45, 2.75) is 46.5 Å². The van der Waals surface area contributed by atoms with Gasteiger partial charge in [0.25, 0.3) is 0 Å². The van der Waals surface area contributed by atoms with Crippen LogP contribution in [0, 0.1) is 11.3 Å². The van der Waals surface area contributed by atoms with Crippen LogP contribution in [0.5, 0.6) is 0 Å². The van der Waals surface area contributed by atoms with E-state index in [2.05, 4.69) is 20.8 Å². The summed E-state index contributed by atoms with van der Waals surface area (Å²) >= 11 is 0. The molecule has 1 aliphatic rings. The molecule has 0 spiro atoms. The van der Waals surface area contributed by atoms with Gasteiger partial charge in [0.1, 0.15) is 0 Å². The maximum Gasteiger partial charge on any atom is 0.0468 e. The Kier molecular flexibility index (Phi) is 3.57. The van der Waals surface area contributed by atoms with Crippen LogP contribution in [0.3, 0.4) is 0 Å². The van der Waals surface area contributed by atoms with Gasteiger partial charge in [-0.3, -0.25) is 0 Å². The molecule has 1 heterocycles. The second-order valence-corrected chi connectivity index (χ2v) is 4.78. The molecule has 0 amide bonds. The lowest BCUT2D eigenvalue weighted by molar-refractivity contribution is 0.0507. The zero-order chi connectivity index (χ0) is 9.03. The average Bonchev–Trinajstić information content (AvgIpc) is 2.06. The second kappa shape index (κ2) is 4.27. The van der Waals surface area contributed by atoms with Gasteiger partial charge >= 0.3 is 0 Å². The molecule has 0 bridgehead atoms. The summed E-state index contributed by atoms with van der Waals surface area (Å²) in [6.45, 7) is 9.03. The van der Waals surface area contributed by atoms with Gasteiger partial charge in [-0.25, -0.2) is 0 Å². The lowest BCUT2D eigenvalue weighted by atomic mass is 9.78. The van der Waals surface area contributed by atoms with Crippen LogP contribution in [-0.2, 0) is 4.74 Å². The second-order valence-electron chi connectivity index (χ2n) is 4.78. The minimum absolute atomic E-state index is 0.544. The van der Waals surface area contributed by atoms with Crippen LogP contribution in [-0.4, -0.2) is 13.2 Å². The Balaban J connectivity index is 2.28. The van der Waals surface area contributed by atoms with E-state index in [-0.39, 0.29) is 0 Å². The van der Waals surface area contributed by atoms with Gasteiger partial charge in [0.2, 0.25) is 0 Å². The molecule has 0 radical (unpaired) electrons. The van der Waals surface area contributed by atoms with Gasteiger partial charge in [0.05, 0.1) is 0 Å². The van der Waals surface area contributed by atoms with Crippen molar-refractivity contribution < 1.29 is 4.74 Å². The average molecular weight is 170 g/mol. The largest absolute Gasteiger partial charge is 0.381 e. The normalized spacial score (nSPS) is 21.2. The van der Waals surface area contributed by atoms with E-state index < -0.39 is 0 Å². The van der Waals surface area contributed by atoms with E-state index in [1.165, 1.54) is 25.7 Å². The van der Waals surface area contributed by atoms with Crippen molar-refractivity contribution in [1.82, 2.24) is 0 Å². The molecular weight excluding hydrogens is 148 g/mol. The van der Waals surface area contributed by atoms with Gasteiger partial charge in [0.15, 0.2) is 0 Å². The Morgan fingerprint density at radius 3 is 2.33 bits per heavy atom. The molecule has 0 aromatic heterocycles. The van der Waals surface area contributed by atoms with E-state index in [1.807, 2.05) is 0 Å². The Hall–Kier alpha value is -0.0400. The quantitative estimate of drug-likeness (QED) is 0.632. The molecule has 0 unspecified atom stereocenters. The third-order valence-corrected chi connectivity index (χ3v) is 3.14. The summed E-state index contributed by atoms with van der Waals surface area (Å²) in [6, 6.07) is 0. The molecular formula is C11H22O. The van der Waals surface area contributed by atoms with Crippen LogP contribution in [0.2, 0.25) is 0 Å². The summed E-state index contributed by atoms with van der Waals surface area (Å²) in [5.41, 5.74) is 0.544. The molecule has 1 fully saturated rings. The van der Waals surface area contributed by atoms with Gasteiger partial charge < -0.3 is 4.74 Å². The van der Waals surface area contributed by atoms with Crippen LogP contribution < -0.4 is 0 Å². The van der Waals surface area contributed by atoms with Crippen molar-refractivity contribution in [2.24, 2.45) is 11.3 Å². The number of hydrogen-bond donors (Lipinski definition) is 0. The summed E-state index contributed by atoms with van der Waals surface area (Å²) in [7, 11) is 0. The highest BCUT2D eigenvalue weighted by Crippen LogP contribution is 2.33. The fourth-order valence-electron chi connectivity index (χ4n) is 1.88. The summed E-state index contributed by atoms with van der Waals surface area (Å²) < 4.78 is 5.35. The van der Waals surface area contributed by atoms with Crippen LogP contribution in [0.15, 0.2) is 0 Å². The summed E-state index contributed by atoms with van der Waals surface area (Å²) in [5.74, 6) is 0.925. The molecule has 0 aliphatic carbocycles. The maximum absolute atomic E-state index is 5.35. The van der Waals surface area contributed by atoms with E-state index >= 15 is 0 Å². The number of ether oxygens (including phenoxy) is 1. The molecule has 12 heavy (non-hydrogen) atoms. The standard InChI is InChI=1S/C11H22O/c1-4-11(2,3)9-10-5-7-12-8-6-10/h10H,4-9H2,1-3H3. The highest BCUT2D eigenvalue weighted by Gasteiger charge is 2.22. The maximum atomic E-state index is 5.35. The fourth-order valence-corrected chi connectivity index (χ4v) is 1.88. The topological polar surface area (TPSA) is 9.23 Å². The highest BCUT2D eigenvalue weighted by atomic mass is 16.5. The third-order valence-electron chi connectivity index (χ3n) is 3.14. The van der Waals surface area contributed by atoms with Gasteiger partial charge in [-0.2, -0.15) is 0 Å². The minimum Gasteiger partial charge on any atom is -0.381 e. The van der Waals surface area contributed by atoms with E-state index in [0.717, 1.165) is 19.1 Å². The Morgan fingerprint density at radius 2 is 1.83 bits per heavy atom. The molecule has 0 N–H and O–H groups in total. The van der Waals surface area contributed by atoms with Gasteiger partial charge in [-0.05, 0) is 30.6 Å². The van der Waals surface area contributed by atoms with Crippen LogP contribution in [0.4, 0.5) is 0 Å². The molecule has 1 saturated heterocycles. The van der Waals surface area contributed by atoms with Gasteiger partial charge in [-0.1, -0.05) is 27.2 Å². The van der Waals surface area contributed by atoms with Crippen LogP contribution in [0.25, 0.3) is 0 Å². The highest BCUT2D eigenvalue weighted by molar-refractivity contribution is 4.73. The number of hydrogen-bond acceptors (Lipinski definition) is 1. The molecule has 0 aromatic carbocycles. The van der Waals surface area contributed by atoms with E-state index in [1.54, 1.807) is 0 Å². The predicted molar refractivity (Wildman–Crippen MR) is 52.2 cm³/mol. The fraction of sp³-hybridized carbons (Fsp3) is 1.00. The molecule has 1 rings (SSSR count). The van der Waals surface area contributed by atoms with Crippen molar-refractivity contribution in [3.63, 3.8) is 0 Å². The van der Waals surface area contributed by atoms with Crippen LogP contribution in [0.1, 0.15) is 46.5 Å².